The first-order chi connectivity index (χ1) is 15.0. The maximum absolute atomic E-state index is 12.4. The van der Waals surface area contributed by atoms with Crippen molar-refractivity contribution in [1.82, 2.24) is 10.6 Å². The van der Waals surface area contributed by atoms with Crippen LogP contribution in [0.15, 0.2) is 48.5 Å². The fraction of sp³-hybridized carbons (Fsp3) is 0.318. The quantitative estimate of drug-likeness (QED) is 0.538. The lowest BCUT2D eigenvalue weighted by atomic mass is 10.1. The molecule has 1 fully saturated rings. The normalized spacial score (nSPS) is 18.1. The Labute approximate surface area is 185 Å². The van der Waals surface area contributed by atoms with Crippen LogP contribution in [0.4, 0.5) is 5.69 Å². The van der Waals surface area contributed by atoms with E-state index < -0.39 is 5.97 Å². The predicted octanol–water partition coefficient (Wildman–Crippen LogP) is 2.51. The highest BCUT2D eigenvalue weighted by atomic mass is 32.2. The molecule has 1 heterocycles. The zero-order chi connectivity index (χ0) is 22.2. The lowest BCUT2D eigenvalue weighted by Crippen LogP contribution is -2.55. The number of nitrogens with one attached hydrogen (secondary N) is 3. The monoisotopic (exact) mass is 443 g/mol. The third-order valence-electron chi connectivity index (χ3n) is 4.68. The Balaban J connectivity index is 1.50. The number of benzene rings is 2. The zero-order valence-corrected chi connectivity index (χ0v) is 18.2. The van der Waals surface area contributed by atoms with Gasteiger partial charge in [-0.3, -0.25) is 14.9 Å². The summed E-state index contributed by atoms with van der Waals surface area (Å²) in [4.78, 5) is 36.0. The van der Waals surface area contributed by atoms with Crippen molar-refractivity contribution < 1.29 is 23.9 Å². The molecule has 9 heteroatoms. The number of thioether (sulfide) groups is 1. The van der Waals surface area contributed by atoms with E-state index in [2.05, 4.69) is 20.7 Å². The Morgan fingerprint density at radius 1 is 1.16 bits per heavy atom. The number of amides is 2. The van der Waals surface area contributed by atoms with Crippen molar-refractivity contribution in [2.45, 2.75) is 30.1 Å². The van der Waals surface area contributed by atoms with Gasteiger partial charge in [0.2, 0.25) is 11.8 Å². The van der Waals surface area contributed by atoms with Crippen LogP contribution in [0.25, 0.3) is 0 Å². The van der Waals surface area contributed by atoms with Gasteiger partial charge in [-0.1, -0.05) is 12.1 Å². The maximum atomic E-state index is 12.4. The minimum absolute atomic E-state index is 0.0953. The highest BCUT2D eigenvalue weighted by Crippen LogP contribution is 2.22. The Morgan fingerprint density at radius 3 is 2.65 bits per heavy atom. The van der Waals surface area contributed by atoms with Crippen molar-refractivity contribution in [3.63, 3.8) is 0 Å². The Bertz CT molecular complexity index is 935. The highest BCUT2D eigenvalue weighted by molar-refractivity contribution is 7.99. The van der Waals surface area contributed by atoms with Gasteiger partial charge in [-0.25, -0.2) is 4.79 Å². The summed E-state index contributed by atoms with van der Waals surface area (Å²) in [6.45, 7) is 0. The van der Waals surface area contributed by atoms with Crippen molar-refractivity contribution in [2.75, 3.05) is 19.5 Å². The minimum Gasteiger partial charge on any atom is -0.497 e. The Morgan fingerprint density at radius 2 is 1.94 bits per heavy atom. The number of ether oxygens (including phenoxy) is 2. The van der Waals surface area contributed by atoms with Crippen LogP contribution in [-0.4, -0.2) is 43.5 Å². The fourth-order valence-corrected chi connectivity index (χ4v) is 4.19. The molecular weight excluding hydrogens is 418 g/mol. The number of esters is 1. The molecule has 0 saturated carbocycles. The standard InChI is InChI=1S/C22H25N3O5S/c1-29-18-5-3-4-14(10-18)13-31-22-24-17(12-20(27)25-22)11-19(26)23-16-8-6-15(7-9-16)21(28)30-2/h3-10,17,22,24H,11-13H2,1-2H3,(H,23,26)(H,25,27). The van der Waals surface area contributed by atoms with Crippen LogP contribution in [0.5, 0.6) is 5.75 Å². The van der Waals surface area contributed by atoms with Crippen LogP contribution in [0.3, 0.4) is 0 Å². The van der Waals surface area contributed by atoms with Crippen LogP contribution in [-0.2, 0) is 20.1 Å². The van der Waals surface area contributed by atoms with E-state index in [4.69, 9.17) is 4.74 Å². The van der Waals surface area contributed by atoms with Gasteiger partial charge in [0.25, 0.3) is 0 Å². The molecule has 3 rings (SSSR count). The summed E-state index contributed by atoms with van der Waals surface area (Å²) in [7, 11) is 2.94. The maximum Gasteiger partial charge on any atom is 0.337 e. The smallest absolute Gasteiger partial charge is 0.337 e. The summed E-state index contributed by atoms with van der Waals surface area (Å²) >= 11 is 1.54. The molecule has 1 aliphatic heterocycles. The SMILES string of the molecule is COC(=O)c1ccc(NC(=O)CC2CC(=O)NC(SCc3cccc(OC)c3)N2)cc1. The van der Waals surface area contributed by atoms with E-state index in [-0.39, 0.29) is 36.2 Å². The van der Waals surface area contributed by atoms with E-state index in [9.17, 15) is 14.4 Å². The van der Waals surface area contributed by atoms with Gasteiger partial charge in [0.1, 0.15) is 11.2 Å². The Hall–Kier alpha value is -3.04. The van der Waals surface area contributed by atoms with Gasteiger partial charge in [0.15, 0.2) is 0 Å². The molecule has 2 atom stereocenters. The van der Waals surface area contributed by atoms with Gasteiger partial charge >= 0.3 is 5.97 Å². The Kier molecular flexibility index (Phi) is 7.91. The van der Waals surface area contributed by atoms with Crippen LogP contribution >= 0.6 is 11.8 Å². The van der Waals surface area contributed by atoms with Gasteiger partial charge in [0, 0.05) is 30.3 Å². The van der Waals surface area contributed by atoms with Crippen molar-refractivity contribution >= 4 is 35.2 Å². The molecular formula is C22H25N3O5S. The summed E-state index contributed by atoms with van der Waals surface area (Å²) in [5.41, 5.74) is 1.77. The molecule has 0 spiro atoms. The molecule has 2 unspecified atom stereocenters. The van der Waals surface area contributed by atoms with E-state index in [0.29, 0.717) is 17.0 Å². The van der Waals surface area contributed by atoms with Gasteiger partial charge in [-0.05, 0) is 42.0 Å². The third-order valence-corrected chi connectivity index (χ3v) is 5.77. The van der Waals surface area contributed by atoms with Crippen molar-refractivity contribution in [1.29, 1.82) is 0 Å². The fourth-order valence-electron chi connectivity index (χ4n) is 3.15. The molecule has 31 heavy (non-hydrogen) atoms. The lowest BCUT2D eigenvalue weighted by molar-refractivity contribution is -0.124. The van der Waals surface area contributed by atoms with E-state index in [0.717, 1.165) is 11.3 Å². The first-order valence-corrected chi connectivity index (χ1v) is 10.8. The summed E-state index contributed by atoms with van der Waals surface area (Å²) in [6, 6.07) is 13.9. The first kappa shape index (κ1) is 22.6. The average Bonchev–Trinajstić information content (AvgIpc) is 2.77. The minimum atomic E-state index is -0.437. The van der Waals surface area contributed by atoms with Gasteiger partial charge in [-0.2, -0.15) is 0 Å². The molecule has 3 N–H and O–H groups in total. The molecule has 0 aromatic heterocycles. The third kappa shape index (κ3) is 6.73. The number of carbonyl (C=O) groups excluding carboxylic acids is 3. The van der Waals surface area contributed by atoms with Crippen LogP contribution in [0.1, 0.15) is 28.8 Å². The van der Waals surface area contributed by atoms with Crippen molar-refractivity contribution in [3.05, 3.63) is 59.7 Å². The zero-order valence-electron chi connectivity index (χ0n) is 17.3. The molecule has 2 aromatic carbocycles. The van der Waals surface area contributed by atoms with Gasteiger partial charge < -0.3 is 20.1 Å². The van der Waals surface area contributed by atoms with Crippen LogP contribution in [0.2, 0.25) is 0 Å². The lowest BCUT2D eigenvalue weighted by Gasteiger charge is -2.31. The van der Waals surface area contributed by atoms with E-state index in [1.165, 1.54) is 7.11 Å². The molecule has 2 amide bonds. The second-order valence-electron chi connectivity index (χ2n) is 7.00. The van der Waals surface area contributed by atoms with E-state index in [1.54, 1.807) is 43.1 Å². The van der Waals surface area contributed by atoms with E-state index >= 15 is 0 Å². The number of anilines is 1. The molecule has 2 aromatic rings. The summed E-state index contributed by atoms with van der Waals surface area (Å²) in [6.07, 6.45) is 0.382. The van der Waals surface area contributed by atoms with Gasteiger partial charge in [-0.15, -0.1) is 11.8 Å². The number of methoxy groups -OCH3 is 2. The van der Waals surface area contributed by atoms with Crippen LogP contribution in [0, 0.1) is 0 Å². The summed E-state index contributed by atoms with van der Waals surface area (Å²) < 4.78 is 9.89. The molecule has 0 bridgehead atoms. The number of hydrogen-bond acceptors (Lipinski definition) is 7. The first-order valence-electron chi connectivity index (χ1n) is 9.75. The predicted molar refractivity (Wildman–Crippen MR) is 119 cm³/mol. The van der Waals surface area contributed by atoms with E-state index in [1.807, 2.05) is 24.3 Å². The molecule has 0 aliphatic carbocycles. The molecule has 1 saturated heterocycles. The van der Waals surface area contributed by atoms with Crippen molar-refractivity contribution in [3.8, 4) is 5.75 Å². The molecule has 164 valence electrons. The molecule has 8 nitrogen and oxygen atoms in total. The number of rotatable bonds is 8. The largest absolute Gasteiger partial charge is 0.497 e. The molecule has 0 radical (unpaired) electrons. The summed E-state index contributed by atoms with van der Waals surface area (Å²) in [5.74, 6) is 0.720. The second-order valence-corrected chi connectivity index (χ2v) is 8.09. The van der Waals surface area contributed by atoms with Gasteiger partial charge in [0.05, 0.1) is 19.8 Å². The topological polar surface area (TPSA) is 106 Å². The second kappa shape index (κ2) is 10.8. The number of carbonyl (C=O) groups is 3. The molecule has 1 aliphatic rings. The van der Waals surface area contributed by atoms with Crippen molar-refractivity contribution in [2.24, 2.45) is 0 Å². The number of hydrogen-bond donors (Lipinski definition) is 3. The average molecular weight is 444 g/mol. The highest BCUT2D eigenvalue weighted by Gasteiger charge is 2.27. The van der Waals surface area contributed by atoms with Crippen LogP contribution < -0.4 is 20.7 Å². The summed E-state index contributed by atoms with van der Waals surface area (Å²) in [5, 5.41) is 9.00.